The van der Waals surface area contributed by atoms with E-state index in [1.165, 1.54) is 16.9 Å². The van der Waals surface area contributed by atoms with Crippen molar-refractivity contribution >= 4 is 28.9 Å². The summed E-state index contributed by atoms with van der Waals surface area (Å²) in [5, 5.41) is 5.46. The van der Waals surface area contributed by atoms with E-state index in [2.05, 4.69) is 22.2 Å². The fourth-order valence-electron chi connectivity index (χ4n) is 3.23. The number of amides is 1. The molecule has 0 aliphatic carbocycles. The van der Waals surface area contributed by atoms with Crippen LogP contribution in [0, 0.1) is 13.8 Å². The molecule has 0 radical (unpaired) electrons. The number of aryl methyl sites for hydroxylation is 3. The van der Waals surface area contributed by atoms with E-state index in [9.17, 15) is 9.59 Å². The zero-order chi connectivity index (χ0) is 21.0. The largest absolute Gasteiger partial charge is 0.462 e. The highest BCUT2D eigenvalue weighted by Crippen LogP contribution is 2.31. The fourth-order valence-corrected chi connectivity index (χ4v) is 4.02. The van der Waals surface area contributed by atoms with Crippen molar-refractivity contribution in [2.24, 2.45) is 0 Å². The van der Waals surface area contributed by atoms with Gasteiger partial charge >= 0.3 is 5.97 Å². The van der Waals surface area contributed by atoms with E-state index < -0.39 is 0 Å². The number of benzene rings is 1. The Morgan fingerprint density at radius 3 is 2.52 bits per heavy atom. The molecule has 0 aliphatic heterocycles. The van der Waals surface area contributed by atoms with Crippen molar-refractivity contribution < 1.29 is 14.3 Å². The summed E-state index contributed by atoms with van der Waals surface area (Å²) >= 11 is 1.40. The predicted molar refractivity (Wildman–Crippen MR) is 115 cm³/mol. The van der Waals surface area contributed by atoms with E-state index in [-0.39, 0.29) is 18.3 Å². The van der Waals surface area contributed by atoms with Crippen LogP contribution in [0.1, 0.15) is 46.2 Å². The number of esters is 1. The molecule has 3 aromatic rings. The van der Waals surface area contributed by atoms with Gasteiger partial charge in [0.1, 0.15) is 5.01 Å². The van der Waals surface area contributed by atoms with Crippen LogP contribution < -0.4 is 5.32 Å². The number of anilines is 1. The summed E-state index contributed by atoms with van der Waals surface area (Å²) < 4.78 is 5.19. The van der Waals surface area contributed by atoms with Crippen LogP contribution in [-0.4, -0.2) is 28.5 Å². The number of aromatic nitrogens is 2. The minimum atomic E-state index is -0.368. The van der Waals surface area contributed by atoms with E-state index in [1.54, 1.807) is 6.92 Å². The van der Waals surface area contributed by atoms with Gasteiger partial charge in [-0.1, -0.05) is 19.1 Å². The molecular formula is C22H25N3O3S. The van der Waals surface area contributed by atoms with Crippen molar-refractivity contribution in [1.82, 2.24) is 9.97 Å². The maximum absolute atomic E-state index is 12.4. The minimum Gasteiger partial charge on any atom is -0.462 e. The Morgan fingerprint density at radius 1 is 1.14 bits per heavy atom. The molecule has 29 heavy (non-hydrogen) atoms. The molecule has 7 heteroatoms. The summed E-state index contributed by atoms with van der Waals surface area (Å²) in [6.45, 7) is 7.92. The van der Waals surface area contributed by atoms with Crippen LogP contribution in [0.15, 0.2) is 29.6 Å². The number of aromatic amines is 1. The molecule has 2 heterocycles. The van der Waals surface area contributed by atoms with Gasteiger partial charge in [-0.25, -0.2) is 9.78 Å². The number of carbonyl (C=O) groups excluding carboxylic acids is 2. The number of ether oxygens (including phenoxy) is 1. The Hall–Kier alpha value is -2.93. The van der Waals surface area contributed by atoms with Crippen molar-refractivity contribution in [3.8, 4) is 11.3 Å². The van der Waals surface area contributed by atoms with Gasteiger partial charge in [-0.15, -0.1) is 11.3 Å². The summed E-state index contributed by atoms with van der Waals surface area (Å²) in [5.41, 5.74) is 5.50. The third-order valence-corrected chi connectivity index (χ3v) is 5.47. The smallest absolute Gasteiger partial charge is 0.340 e. The van der Waals surface area contributed by atoms with Crippen LogP contribution in [0.25, 0.3) is 11.3 Å². The number of hydrogen-bond donors (Lipinski definition) is 2. The third kappa shape index (κ3) is 4.74. The molecule has 152 valence electrons. The molecule has 1 aromatic carbocycles. The van der Waals surface area contributed by atoms with E-state index in [0.29, 0.717) is 22.9 Å². The third-order valence-electron chi connectivity index (χ3n) is 4.62. The summed E-state index contributed by atoms with van der Waals surface area (Å²) in [6, 6.07) is 7.82. The molecule has 0 atom stereocenters. The summed E-state index contributed by atoms with van der Waals surface area (Å²) in [7, 11) is 0. The molecule has 0 fully saturated rings. The van der Waals surface area contributed by atoms with E-state index in [4.69, 9.17) is 4.74 Å². The van der Waals surface area contributed by atoms with Gasteiger partial charge in [0.05, 0.1) is 24.3 Å². The lowest BCUT2D eigenvalue weighted by Crippen LogP contribution is -2.14. The van der Waals surface area contributed by atoms with Crippen molar-refractivity contribution in [2.75, 3.05) is 11.9 Å². The molecule has 2 aromatic heterocycles. The van der Waals surface area contributed by atoms with Crippen LogP contribution in [0.4, 0.5) is 5.69 Å². The molecular weight excluding hydrogens is 386 g/mol. The number of nitrogens with one attached hydrogen (secondary N) is 2. The number of nitrogens with zero attached hydrogens (tertiary/aromatic N) is 1. The quantitative estimate of drug-likeness (QED) is 0.553. The van der Waals surface area contributed by atoms with Gasteiger partial charge in [-0.2, -0.15) is 0 Å². The molecule has 0 bridgehead atoms. The first-order chi connectivity index (χ1) is 13.9. The summed E-state index contributed by atoms with van der Waals surface area (Å²) in [4.78, 5) is 32.6. The van der Waals surface area contributed by atoms with E-state index in [0.717, 1.165) is 29.1 Å². The van der Waals surface area contributed by atoms with Gasteiger partial charge in [0, 0.05) is 28.0 Å². The van der Waals surface area contributed by atoms with Crippen LogP contribution in [0.2, 0.25) is 0 Å². The molecule has 2 N–H and O–H groups in total. The monoisotopic (exact) mass is 411 g/mol. The second-order valence-corrected chi connectivity index (χ2v) is 7.69. The first kappa shape index (κ1) is 20.8. The zero-order valence-electron chi connectivity index (χ0n) is 17.1. The number of rotatable bonds is 7. The topological polar surface area (TPSA) is 84.1 Å². The molecule has 3 rings (SSSR count). The molecule has 1 amide bonds. The highest BCUT2D eigenvalue weighted by atomic mass is 32.1. The van der Waals surface area contributed by atoms with Crippen LogP contribution in [0.3, 0.4) is 0 Å². The lowest BCUT2D eigenvalue weighted by atomic mass is 10.1. The SMILES string of the molecule is CCOC(=O)c1c(C)[nH]c(C)c1-c1csc(CC(=O)Nc2ccc(CC)cc2)n1. The first-order valence-corrected chi connectivity index (χ1v) is 10.5. The minimum absolute atomic E-state index is 0.122. The van der Waals surface area contributed by atoms with Gasteiger partial charge in [0.15, 0.2) is 0 Å². The van der Waals surface area contributed by atoms with Crippen LogP contribution in [0.5, 0.6) is 0 Å². The van der Waals surface area contributed by atoms with Gasteiger partial charge in [0.2, 0.25) is 5.91 Å². The molecule has 0 spiro atoms. The van der Waals surface area contributed by atoms with Crippen LogP contribution in [-0.2, 0) is 22.4 Å². The number of carbonyl (C=O) groups is 2. The van der Waals surface area contributed by atoms with Gasteiger partial charge < -0.3 is 15.0 Å². The standard InChI is InChI=1S/C22H25N3O3S/c1-5-15-7-9-16(10-8-15)24-18(26)11-19-25-17(12-29-19)20-13(3)23-14(4)21(20)22(27)28-6-2/h7-10,12,23H,5-6,11H2,1-4H3,(H,24,26). The second kappa shape index (κ2) is 9.05. The van der Waals surface area contributed by atoms with E-state index in [1.807, 2.05) is 43.5 Å². The Bertz CT molecular complexity index is 1020. The highest BCUT2D eigenvalue weighted by molar-refractivity contribution is 7.10. The van der Waals surface area contributed by atoms with Crippen molar-refractivity contribution in [2.45, 2.75) is 40.5 Å². The molecule has 0 saturated heterocycles. The normalized spacial score (nSPS) is 10.8. The van der Waals surface area contributed by atoms with Crippen molar-refractivity contribution in [3.63, 3.8) is 0 Å². The highest BCUT2D eigenvalue weighted by Gasteiger charge is 2.23. The maximum Gasteiger partial charge on any atom is 0.340 e. The van der Waals surface area contributed by atoms with Gasteiger partial charge in [-0.3, -0.25) is 4.79 Å². The number of H-pyrrole nitrogens is 1. The Labute approximate surface area is 174 Å². The summed E-state index contributed by atoms with van der Waals surface area (Å²) in [6.07, 6.45) is 1.14. The fraction of sp³-hybridized carbons (Fsp3) is 0.318. The second-order valence-electron chi connectivity index (χ2n) is 6.75. The Balaban J connectivity index is 1.75. The first-order valence-electron chi connectivity index (χ1n) is 9.62. The molecule has 0 aliphatic rings. The summed E-state index contributed by atoms with van der Waals surface area (Å²) in [5.74, 6) is -0.491. The maximum atomic E-state index is 12.4. The Kier molecular flexibility index (Phi) is 6.49. The van der Waals surface area contributed by atoms with Crippen molar-refractivity contribution in [1.29, 1.82) is 0 Å². The van der Waals surface area contributed by atoms with Crippen molar-refractivity contribution in [3.05, 3.63) is 57.2 Å². The van der Waals surface area contributed by atoms with Crippen LogP contribution >= 0.6 is 11.3 Å². The molecule has 6 nitrogen and oxygen atoms in total. The van der Waals surface area contributed by atoms with E-state index >= 15 is 0 Å². The molecule has 0 saturated carbocycles. The molecule has 0 unspecified atom stereocenters. The zero-order valence-corrected chi connectivity index (χ0v) is 17.9. The average Bonchev–Trinajstić information content (AvgIpc) is 3.25. The lowest BCUT2D eigenvalue weighted by Gasteiger charge is -2.05. The number of hydrogen-bond acceptors (Lipinski definition) is 5. The van der Waals surface area contributed by atoms with Gasteiger partial charge in [-0.05, 0) is 44.9 Å². The lowest BCUT2D eigenvalue weighted by molar-refractivity contribution is -0.115. The van der Waals surface area contributed by atoms with Gasteiger partial charge in [0.25, 0.3) is 0 Å². The average molecular weight is 412 g/mol. The Morgan fingerprint density at radius 2 is 1.86 bits per heavy atom. The number of thiazole rings is 1. The predicted octanol–water partition coefficient (Wildman–Crippen LogP) is 4.68.